The fourth-order valence-electron chi connectivity index (χ4n) is 2.84. The molecule has 0 aliphatic heterocycles. The van der Waals surface area contributed by atoms with Crippen LogP contribution in [-0.2, 0) is 0 Å². The molecule has 1 amide bonds. The lowest BCUT2D eigenvalue weighted by Crippen LogP contribution is -2.13. The number of benzene rings is 1. The topological polar surface area (TPSA) is 78.3 Å². The Morgan fingerprint density at radius 2 is 2.03 bits per heavy atom. The monoisotopic (exact) mass is 414 g/mol. The number of anilines is 1. The van der Waals surface area contributed by atoms with Gasteiger partial charge in [-0.05, 0) is 50.6 Å². The molecular weight excluding hydrogens is 392 g/mol. The van der Waals surface area contributed by atoms with Gasteiger partial charge in [-0.1, -0.05) is 18.5 Å². The van der Waals surface area contributed by atoms with Crippen LogP contribution in [0.3, 0.4) is 0 Å². The number of ether oxygens (including phenoxy) is 2. The number of hydrogen-bond donors (Lipinski definition) is 1. The predicted molar refractivity (Wildman–Crippen MR) is 113 cm³/mol. The molecule has 3 rings (SSSR count). The van der Waals surface area contributed by atoms with E-state index < -0.39 is 0 Å². The number of methoxy groups -OCH3 is 1. The minimum absolute atomic E-state index is 0.320. The maximum atomic E-state index is 12.7. The number of rotatable bonds is 7. The highest BCUT2D eigenvalue weighted by Gasteiger charge is 2.16. The van der Waals surface area contributed by atoms with E-state index >= 15 is 0 Å². The minimum atomic E-state index is -0.326. The molecule has 2 aromatic heterocycles. The summed E-state index contributed by atoms with van der Waals surface area (Å²) in [5.74, 6) is 1.20. The number of amides is 1. The van der Waals surface area contributed by atoms with Crippen LogP contribution in [-0.4, -0.2) is 34.4 Å². The average molecular weight is 415 g/mol. The van der Waals surface area contributed by atoms with Crippen molar-refractivity contribution in [3.05, 3.63) is 58.5 Å². The smallest absolute Gasteiger partial charge is 0.255 e. The predicted octanol–water partition coefficient (Wildman–Crippen LogP) is 4.59. The maximum absolute atomic E-state index is 12.7. The fourth-order valence-corrected chi connectivity index (χ4v) is 3.11. The van der Waals surface area contributed by atoms with Crippen molar-refractivity contribution in [2.24, 2.45) is 0 Å². The number of nitrogens with zero attached hydrogens (tertiary/aromatic N) is 3. The van der Waals surface area contributed by atoms with Crippen LogP contribution >= 0.6 is 11.6 Å². The highest BCUT2D eigenvalue weighted by molar-refractivity contribution is 6.32. The lowest BCUT2D eigenvalue weighted by atomic mass is 10.2. The third-order valence-electron chi connectivity index (χ3n) is 4.17. The molecule has 0 bridgehead atoms. The maximum Gasteiger partial charge on any atom is 0.255 e. The molecule has 0 aliphatic rings. The largest absolute Gasteiger partial charge is 0.493 e. The minimum Gasteiger partial charge on any atom is -0.493 e. The first-order valence-corrected chi connectivity index (χ1v) is 9.62. The average Bonchev–Trinajstić information content (AvgIpc) is 3.05. The number of halogens is 1. The number of nitrogens with one attached hydrogen (secondary N) is 1. The highest BCUT2D eigenvalue weighted by atomic mass is 35.5. The number of carbonyl (C=O) groups is 1. The zero-order valence-corrected chi connectivity index (χ0v) is 17.6. The molecular formula is C21H23ClN4O3. The molecule has 8 heteroatoms. The fraction of sp³-hybridized carbons (Fsp3) is 0.286. The Morgan fingerprint density at radius 3 is 2.62 bits per heavy atom. The van der Waals surface area contributed by atoms with Gasteiger partial charge in [-0.3, -0.25) is 4.79 Å². The van der Waals surface area contributed by atoms with E-state index in [9.17, 15) is 4.79 Å². The molecule has 2 heterocycles. The van der Waals surface area contributed by atoms with Gasteiger partial charge in [0, 0.05) is 11.3 Å². The molecule has 0 fully saturated rings. The van der Waals surface area contributed by atoms with Gasteiger partial charge in [0.2, 0.25) is 0 Å². The van der Waals surface area contributed by atoms with E-state index in [1.165, 1.54) is 7.11 Å². The van der Waals surface area contributed by atoms with Crippen LogP contribution in [0.25, 0.3) is 5.82 Å². The van der Waals surface area contributed by atoms with E-state index in [0.717, 1.165) is 17.8 Å². The van der Waals surface area contributed by atoms with Crippen LogP contribution in [0, 0.1) is 13.8 Å². The second kappa shape index (κ2) is 8.96. The molecule has 29 heavy (non-hydrogen) atoms. The highest BCUT2D eigenvalue weighted by Crippen LogP contribution is 2.36. The summed E-state index contributed by atoms with van der Waals surface area (Å²) in [5.41, 5.74) is 2.82. The first-order chi connectivity index (χ1) is 13.9. The SMILES string of the molecule is CCCOc1c(Cl)cc(C(=O)Nc2ccc(-n3nc(C)cc3C)nc2)cc1OC. The van der Waals surface area contributed by atoms with Crippen LogP contribution in [0.1, 0.15) is 35.1 Å². The van der Waals surface area contributed by atoms with E-state index in [0.29, 0.717) is 40.2 Å². The van der Waals surface area contributed by atoms with Crippen molar-refractivity contribution in [2.75, 3.05) is 19.0 Å². The summed E-state index contributed by atoms with van der Waals surface area (Å²) in [5, 5.41) is 7.54. The number of aromatic nitrogens is 3. The molecule has 0 atom stereocenters. The van der Waals surface area contributed by atoms with Gasteiger partial charge >= 0.3 is 0 Å². The van der Waals surface area contributed by atoms with Gasteiger partial charge < -0.3 is 14.8 Å². The summed E-state index contributed by atoms with van der Waals surface area (Å²) in [6, 6.07) is 8.70. The van der Waals surface area contributed by atoms with Crippen molar-refractivity contribution in [2.45, 2.75) is 27.2 Å². The molecule has 0 unspecified atom stereocenters. The Morgan fingerprint density at radius 1 is 1.24 bits per heavy atom. The van der Waals surface area contributed by atoms with E-state index in [1.807, 2.05) is 26.8 Å². The van der Waals surface area contributed by atoms with Gasteiger partial charge in [0.05, 0.1) is 36.3 Å². The van der Waals surface area contributed by atoms with Crippen molar-refractivity contribution in [3.8, 4) is 17.3 Å². The third kappa shape index (κ3) is 4.68. The van der Waals surface area contributed by atoms with Crippen molar-refractivity contribution < 1.29 is 14.3 Å². The second-order valence-electron chi connectivity index (χ2n) is 6.54. The zero-order chi connectivity index (χ0) is 21.0. The number of aryl methyl sites for hydroxylation is 2. The number of hydrogen-bond acceptors (Lipinski definition) is 5. The number of carbonyl (C=O) groups excluding carboxylic acids is 1. The summed E-state index contributed by atoms with van der Waals surface area (Å²) in [4.78, 5) is 17.0. The summed E-state index contributed by atoms with van der Waals surface area (Å²) in [6.07, 6.45) is 2.42. The normalized spacial score (nSPS) is 10.7. The van der Waals surface area contributed by atoms with E-state index in [-0.39, 0.29) is 5.91 Å². The summed E-state index contributed by atoms with van der Waals surface area (Å²) in [6.45, 7) is 6.39. The molecule has 0 aliphatic carbocycles. The quantitative estimate of drug-likeness (QED) is 0.611. The summed E-state index contributed by atoms with van der Waals surface area (Å²) >= 11 is 6.29. The standard InChI is InChI=1S/C21H23ClN4O3/c1-5-8-29-20-17(22)10-15(11-18(20)28-4)21(27)24-16-6-7-19(23-12-16)26-14(3)9-13(2)25-26/h6-7,9-12H,5,8H2,1-4H3,(H,24,27). The van der Waals surface area contributed by atoms with Crippen LogP contribution in [0.2, 0.25) is 5.02 Å². The number of pyridine rings is 1. The van der Waals surface area contributed by atoms with Crippen LogP contribution in [0.15, 0.2) is 36.5 Å². The molecule has 0 saturated carbocycles. The first kappa shape index (κ1) is 20.7. The van der Waals surface area contributed by atoms with Crippen molar-refractivity contribution in [3.63, 3.8) is 0 Å². The molecule has 7 nitrogen and oxygen atoms in total. The van der Waals surface area contributed by atoms with Gasteiger partial charge in [0.1, 0.15) is 0 Å². The first-order valence-electron chi connectivity index (χ1n) is 9.24. The van der Waals surface area contributed by atoms with Gasteiger partial charge in [-0.25, -0.2) is 9.67 Å². The Labute approximate surface area is 174 Å². The lowest BCUT2D eigenvalue weighted by molar-refractivity contribution is 0.102. The van der Waals surface area contributed by atoms with Gasteiger partial charge in [0.25, 0.3) is 5.91 Å². The van der Waals surface area contributed by atoms with Crippen molar-refractivity contribution in [1.29, 1.82) is 0 Å². The van der Waals surface area contributed by atoms with Crippen molar-refractivity contribution in [1.82, 2.24) is 14.8 Å². The molecule has 0 spiro atoms. The molecule has 1 N–H and O–H groups in total. The second-order valence-corrected chi connectivity index (χ2v) is 6.94. The summed E-state index contributed by atoms with van der Waals surface area (Å²) < 4.78 is 12.7. The zero-order valence-electron chi connectivity index (χ0n) is 16.8. The van der Waals surface area contributed by atoms with E-state index in [4.69, 9.17) is 21.1 Å². The molecule has 3 aromatic rings. The van der Waals surface area contributed by atoms with E-state index in [1.54, 1.807) is 35.1 Å². The van der Waals surface area contributed by atoms with Gasteiger partial charge in [-0.2, -0.15) is 5.10 Å². The van der Waals surface area contributed by atoms with Crippen LogP contribution in [0.4, 0.5) is 5.69 Å². The Kier molecular flexibility index (Phi) is 6.39. The Bertz CT molecular complexity index is 1020. The Hall–Kier alpha value is -3.06. The molecule has 1 aromatic carbocycles. The Balaban J connectivity index is 1.78. The molecule has 0 saturated heterocycles. The van der Waals surface area contributed by atoms with Crippen LogP contribution < -0.4 is 14.8 Å². The van der Waals surface area contributed by atoms with E-state index in [2.05, 4.69) is 15.4 Å². The lowest BCUT2D eigenvalue weighted by Gasteiger charge is -2.14. The molecule has 0 radical (unpaired) electrons. The van der Waals surface area contributed by atoms with Crippen LogP contribution in [0.5, 0.6) is 11.5 Å². The summed E-state index contributed by atoms with van der Waals surface area (Å²) in [7, 11) is 1.51. The third-order valence-corrected chi connectivity index (χ3v) is 4.46. The molecule has 152 valence electrons. The van der Waals surface area contributed by atoms with Gasteiger partial charge in [0.15, 0.2) is 17.3 Å². The van der Waals surface area contributed by atoms with Gasteiger partial charge in [-0.15, -0.1) is 0 Å². The van der Waals surface area contributed by atoms with Crippen molar-refractivity contribution >= 4 is 23.2 Å².